The largest absolute Gasteiger partial charge is 0.301 e. The number of thioether (sulfide) groups is 1. The summed E-state index contributed by atoms with van der Waals surface area (Å²) in [4.78, 5) is 33.4. The van der Waals surface area contributed by atoms with Gasteiger partial charge in [0, 0.05) is 16.5 Å². The van der Waals surface area contributed by atoms with Crippen LogP contribution in [0.4, 0.5) is 0 Å². The number of ketones is 1. The summed E-state index contributed by atoms with van der Waals surface area (Å²) in [7, 11) is 0. The summed E-state index contributed by atoms with van der Waals surface area (Å²) in [5.41, 5.74) is 3.54. The molecule has 2 heterocycles. The molecule has 2 aromatic heterocycles. The van der Waals surface area contributed by atoms with Crippen molar-refractivity contribution in [1.29, 1.82) is 0 Å². The van der Waals surface area contributed by atoms with Crippen molar-refractivity contribution in [1.82, 2.24) is 9.97 Å². The minimum atomic E-state index is -0.348. The number of nitrogens with zero attached hydrogens (tertiary/aromatic N) is 1. The van der Waals surface area contributed by atoms with Gasteiger partial charge in [-0.05, 0) is 19.4 Å². The van der Waals surface area contributed by atoms with Gasteiger partial charge >= 0.3 is 0 Å². The summed E-state index contributed by atoms with van der Waals surface area (Å²) in [5, 5.41) is 2.68. The quantitative estimate of drug-likeness (QED) is 0.277. The van der Waals surface area contributed by atoms with Gasteiger partial charge < -0.3 is 4.98 Å². The maximum Gasteiger partial charge on any atom is 0.260 e. The van der Waals surface area contributed by atoms with Crippen molar-refractivity contribution in [3.05, 3.63) is 81.5 Å². The zero-order valence-corrected chi connectivity index (χ0v) is 17.1. The highest BCUT2D eigenvalue weighted by molar-refractivity contribution is 8.00. The van der Waals surface area contributed by atoms with Gasteiger partial charge in [-0.1, -0.05) is 71.9 Å². The first-order valence-electron chi connectivity index (χ1n) is 8.87. The van der Waals surface area contributed by atoms with Crippen molar-refractivity contribution >= 4 is 39.1 Å². The van der Waals surface area contributed by atoms with Crippen molar-refractivity contribution < 1.29 is 4.79 Å². The Morgan fingerprint density at radius 3 is 2.54 bits per heavy atom. The summed E-state index contributed by atoms with van der Waals surface area (Å²) in [6, 6.07) is 17.2. The number of aromatic nitrogens is 2. The number of Topliss-reactive ketones (excluding diaryl/α,β-unsaturated/α-hetero) is 1. The van der Waals surface area contributed by atoms with Crippen LogP contribution >= 0.6 is 23.1 Å². The summed E-state index contributed by atoms with van der Waals surface area (Å²) >= 11 is 2.72. The Labute approximate surface area is 170 Å². The lowest BCUT2D eigenvalue weighted by Crippen LogP contribution is -2.16. The normalized spacial score (nSPS) is 12.2. The lowest BCUT2D eigenvalue weighted by Gasteiger charge is -2.09. The first kappa shape index (κ1) is 18.7. The number of carbonyl (C=O) groups excluding carboxylic acids is 1. The van der Waals surface area contributed by atoms with E-state index < -0.39 is 0 Å². The number of aryl methyl sites for hydroxylation is 1. The third kappa shape index (κ3) is 3.66. The van der Waals surface area contributed by atoms with Crippen LogP contribution in [0.15, 0.2) is 69.9 Å². The Hall–Kier alpha value is -2.70. The molecule has 140 valence electrons. The molecule has 4 nitrogen and oxygen atoms in total. The lowest BCUT2D eigenvalue weighted by molar-refractivity contribution is 0.0994. The van der Waals surface area contributed by atoms with Gasteiger partial charge in [0.05, 0.1) is 10.6 Å². The number of nitrogens with one attached hydrogen (secondary N) is 1. The van der Waals surface area contributed by atoms with E-state index in [2.05, 4.69) is 9.97 Å². The molecular formula is C22H18N2O2S2. The van der Waals surface area contributed by atoms with E-state index in [1.807, 2.05) is 61.7 Å². The second-order valence-corrected chi connectivity index (χ2v) is 8.74. The Bertz CT molecular complexity index is 1190. The topological polar surface area (TPSA) is 62.8 Å². The lowest BCUT2D eigenvalue weighted by atomic mass is 10.1. The number of hydrogen-bond donors (Lipinski definition) is 1. The van der Waals surface area contributed by atoms with Gasteiger partial charge in [0.1, 0.15) is 4.83 Å². The van der Waals surface area contributed by atoms with E-state index in [-0.39, 0.29) is 16.6 Å². The smallest absolute Gasteiger partial charge is 0.260 e. The van der Waals surface area contributed by atoms with E-state index >= 15 is 0 Å². The first-order valence-corrected chi connectivity index (χ1v) is 10.6. The maximum absolute atomic E-state index is 12.8. The Balaban J connectivity index is 1.64. The minimum absolute atomic E-state index is 0.0138. The second kappa shape index (κ2) is 7.73. The molecule has 6 heteroatoms. The van der Waals surface area contributed by atoms with Gasteiger partial charge in [0.15, 0.2) is 10.9 Å². The van der Waals surface area contributed by atoms with E-state index in [0.29, 0.717) is 20.9 Å². The molecule has 0 saturated heterocycles. The Morgan fingerprint density at radius 2 is 1.82 bits per heavy atom. The molecule has 0 fully saturated rings. The Kier molecular flexibility index (Phi) is 5.15. The standard InChI is InChI=1S/C22H18N2O2S2/c1-13-8-10-15(11-9-13)17-12-27-21-18(17)20(26)23-22(24-21)28-14(2)19(25)16-6-4-3-5-7-16/h3-12,14H,1-2H3,(H,23,24,26)/t14-/m0/s1. The van der Waals surface area contributed by atoms with Crippen LogP contribution in [0.5, 0.6) is 0 Å². The molecule has 0 radical (unpaired) electrons. The number of benzene rings is 2. The number of thiophene rings is 1. The van der Waals surface area contributed by atoms with Gasteiger partial charge in [0.2, 0.25) is 0 Å². The van der Waals surface area contributed by atoms with E-state index in [1.165, 1.54) is 28.7 Å². The molecule has 0 aliphatic heterocycles. The molecule has 0 amide bonds. The van der Waals surface area contributed by atoms with Crippen molar-refractivity contribution in [2.24, 2.45) is 0 Å². The molecule has 4 rings (SSSR count). The van der Waals surface area contributed by atoms with Crippen LogP contribution in [0, 0.1) is 6.92 Å². The summed E-state index contributed by atoms with van der Waals surface area (Å²) in [6.07, 6.45) is 0. The molecule has 0 spiro atoms. The SMILES string of the molecule is Cc1ccc(-c2csc3nc(S[C@@H](C)C(=O)c4ccccc4)[nH]c(=O)c23)cc1. The average Bonchev–Trinajstić information content (AvgIpc) is 3.13. The molecule has 0 unspecified atom stereocenters. The van der Waals surface area contributed by atoms with Crippen LogP contribution in [0.2, 0.25) is 0 Å². The van der Waals surface area contributed by atoms with Gasteiger partial charge in [-0.2, -0.15) is 0 Å². The van der Waals surface area contributed by atoms with Crippen molar-refractivity contribution in [3.63, 3.8) is 0 Å². The first-order chi connectivity index (χ1) is 13.5. The third-order valence-electron chi connectivity index (χ3n) is 4.50. The summed E-state index contributed by atoms with van der Waals surface area (Å²) < 4.78 is 0. The molecule has 0 aliphatic carbocycles. The molecule has 2 aromatic carbocycles. The zero-order chi connectivity index (χ0) is 19.7. The predicted molar refractivity (Wildman–Crippen MR) is 117 cm³/mol. The maximum atomic E-state index is 12.8. The average molecular weight is 407 g/mol. The fourth-order valence-electron chi connectivity index (χ4n) is 2.99. The number of aromatic amines is 1. The Morgan fingerprint density at radius 1 is 1.11 bits per heavy atom. The molecule has 0 bridgehead atoms. The molecule has 1 N–H and O–H groups in total. The number of fused-ring (bicyclic) bond motifs is 1. The fourth-order valence-corrected chi connectivity index (χ4v) is 4.87. The highest BCUT2D eigenvalue weighted by Crippen LogP contribution is 2.32. The predicted octanol–water partition coefficient (Wildman–Crippen LogP) is 5.32. The van der Waals surface area contributed by atoms with Crippen LogP contribution in [0.1, 0.15) is 22.8 Å². The van der Waals surface area contributed by atoms with Crippen LogP contribution in [0.3, 0.4) is 0 Å². The van der Waals surface area contributed by atoms with E-state index in [9.17, 15) is 9.59 Å². The monoisotopic (exact) mass is 406 g/mol. The zero-order valence-electron chi connectivity index (χ0n) is 15.4. The number of hydrogen-bond acceptors (Lipinski definition) is 5. The van der Waals surface area contributed by atoms with Crippen molar-refractivity contribution in [2.75, 3.05) is 0 Å². The molecule has 28 heavy (non-hydrogen) atoms. The second-order valence-electron chi connectivity index (χ2n) is 6.56. The summed E-state index contributed by atoms with van der Waals surface area (Å²) in [6.45, 7) is 3.86. The van der Waals surface area contributed by atoms with Crippen LogP contribution in [-0.2, 0) is 0 Å². The highest BCUT2D eigenvalue weighted by Gasteiger charge is 2.19. The number of rotatable bonds is 5. The van der Waals surface area contributed by atoms with Gasteiger partial charge in [-0.15, -0.1) is 11.3 Å². The molecule has 4 aromatic rings. The van der Waals surface area contributed by atoms with Gasteiger partial charge in [-0.25, -0.2) is 4.98 Å². The van der Waals surface area contributed by atoms with Crippen LogP contribution < -0.4 is 5.56 Å². The molecule has 1 atom stereocenters. The third-order valence-corrected chi connectivity index (χ3v) is 6.36. The minimum Gasteiger partial charge on any atom is -0.301 e. The molecular weight excluding hydrogens is 388 g/mol. The number of H-pyrrole nitrogens is 1. The van der Waals surface area contributed by atoms with E-state index in [4.69, 9.17) is 0 Å². The van der Waals surface area contributed by atoms with Crippen LogP contribution in [0.25, 0.3) is 21.3 Å². The van der Waals surface area contributed by atoms with Gasteiger partial charge in [-0.3, -0.25) is 9.59 Å². The van der Waals surface area contributed by atoms with E-state index in [0.717, 1.165) is 11.1 Å². The van der Waals surface area contributed by atoms with E-state index in [1.54, 1.807) is 12.1 Å². The molecule has 0 aliphatic rings. The molecule has 0 saturated carbocycles. The fraction of sp³-hybridized carbons (Fsp3) is 0.136. The van der Waals surface area contributed by atoms with Crippen molar-refractivity contribution in [2.45, 2.75) is 24.3 Å². The van der Waals surface area contributed by atoms with Crippen molar-refractivity contribution in [3.8, 4) is 11.1 Å². The highest BCUT2D eigenvalue weighted by atomic mass is 32.2. The van der Waals surface area contributed by atoms with Gasteiger partial charge in [0.25, 0.3) is 5.56 Å². The number of carbonyl (C=O) groups is 1. The van der Waals surface area contributed by atoms with Crippen LogP contribution in [-0.4, -0.2) is 21.0 Å². The summed E-state index contributed by atoms with van der Waals surface area (Å²) in [5.74, 6) is 0.0138.